The predicted octanol–water partition coefficient (Wildman–Crippen LogP) is 1.85. The second kappa shape index (κ2) is 4.55. The van der Waals surface area contributed by atoms with Crippen LogP contribution in [0.3, 0.4) is 0 Å². The van der Waals surface area contributed by atoms with E-state index >= 15 is 0 Å². The SMILES string of the molecule is CC(C)N=C1NC(C)(C)N(C)C(=O)N1C(C)C. The van der Waals surface area contributed by atoms with E-state index in [4.69, 9.17) is 0 Å². The third-order valence-corrected chi connectivity index (χ3v) is 2.87. The predicted molar refractivity (Wildman–Crippen MR) is 69.9 cm³/mol. The molecule has 0 aromatic heterocycles. The van der Waals surface area contributed by atoms with Gasteiger partial charge in [-0.2, -0.15) is 0 Å². The number of guanidine groups is 1. The highest BCUT2D eigenvalue weighted by Crippen LogP contribution is 2.19. The number of carbonyl (C=O) groups excluding carboxylic acids is 1. The molecule has 0 aromatic rings. The molecule has 0 bridgehead atoms. The topological polar surface area (TPSA) is 47.9 Å². The maximum Gasteiger partial charge on any atom is 0.328 e. The second-order valence-corrected chi connectivity index (χ2v) is 5.54. The Balaban J connectivity index is 3.13. The van der Waals surface area contributed by atoms with E-state index in [1.54, 1.807) is 16.8 Å². The molecular weight excluding hydrogens is 216 g/mol. The van der Waals surface area contributed by atoms with Crippen LogP contribution in [0.15, 0.2) is 4.99 Å². The monoisotopic (exact) mass is 240 g/mol. The smallest absolute Gasteiger partial charge is 0.328 e. The Morgan fingerprint density at radius 3 is 2.18 bits per heavy atom. The fourth-order valence-corrected chi connectivity index (χ4v) is 1.71. The Morgan fingerprint density at radius 2 is 1.76 bits per heavy atom. The van der Waals surface area contributed by atoms with Crippen LogP contribution in [-0.4, -0.2) is 46.6 Å². The molecular formula is C12H24N4O. The number of hydrogen-bond acceptors (Lipinski definition) is 2. The molecule has 1 aliphatic rings. The largest absolute Gasteiger partial charge is 0.333 e. The summed E-state index contributed by atoms with van der Waals surface area (Å²) < 4.78 is 0. The van der Waals surface area contributed by atoms with Gasteiger partial charge in [-0.1, -0.05) is 0 Å². The molecule has 0 aliphatic carbocycles. The number of aliphatic imine (C=N–C) groups is 1. The van der Waals surface area contributed by atoms with Gasteiger partial charge in [0.25, 0.3) is 0 Å². The molecule has 0 spiro atoms. The first-order valence-electron chi connectivity index (χ1n) is 6.10. The molecule has 5 nitrogen and oxygen atoms in total. The van der Waals surface area contributed by atoms with Gasteiger partial charge in [-0.3, -0.25) is 4.90 Å². The highest BCUT2D eigenvalue weighted by molar-refractivity contribution is 5.99. The van der Waals surface area contributed by atoms with E-state index in [0.29, 0.717) is 5.96 Å². The molecule has 1 fully saturated rings. The summed E-state index contributed by atoms with van der Waals surface area (Å²) in [5.74, 6) is 0.670. The van der Waals surface area contributed by atoms with Gasteiger partial charge < -0.3 is 10.2 Å². The lowest BCUT2D eigenvalue weighted by atomic mass is 10.1. The highest BCUT2D eigenvalue weighted by atomic mass is 16.2. The molecule has 1 heterocycles. The van der Waals surface area contributed by atoms with E-state index in [2.05, 4.69) is 10.3 Å². The van der Waals surface area contributed by atoms with Crippen molar-refractivity contribution >= 4 is 12.0 Å². The minimum atomic E-state index is -0.407. The van der Waals surface area contributed by atoms with Crippen molar-refractivity contribution in [1.29, 1.82) is 0 Å². The lowest BCUT2D eigenvalue weighted by Crippen LogP contribution is -2.70. The van der Waals surface area contributed by atoms with E-state index in [9.17, 15) is 4.79 Å². The second-order valence-electron chi connectivity index (χ2n) is 5.54. The van der Waals surface area contributed by atoms with Gasteiger partial charge in [-0.25, -0.2) is 9.79 Å². The molecule has 0 radical (unpaired) electrons. The van der Waals surface area contributed by atoms with Crippen LogP contribution in [0.1, 0.15) is 41.5 Å². The van der Waals surface area contributed by atoms with Crippen molar-refractivity contribution in [3.63, 3.8) is 0 Å². The fraction of sp³-hybridized carbons (Fsp3) is 0.833. The number of nitrogens with zero attached hydrogens (tertiary/aromatic N) is 3. The summed E-state index contributed by atoms with van der Waals surface area (Å²) in [6, 6.07) is 0.236. The first-order chi connectivity index (χ1) is 7.66. The molecule has 1 saturated heterocycles. The number of rotatable bonds is 2. The van der Waals surface area contributed by atoms with E-state index in [0.717, 1.165) is 0 Å². The molecule has 0 unspecified atom stereocenters. The Hall–Kier alpha value is -1.26. The van der Waals surface area contributed by atoms with Gasteiger partial charge in [0.15, 0.2) is 0 Å². The zero-order valence-corrected chi connectivity index (χ0v) is 11.9. The van der Waals surface area contributed by atoms with Crippen molar-refractivity contribution < 1.29 is 4.79 Å². The molecule has 2 amide bonds. The summed E-state index contributed by atoms with van der Waals surface area (Å²) in [7, 11) is 1.80. The number of carbonyl (C=O) groups is 1. The quantitative estimate of drug-likeness (QED) is 0.800. The lowest BCUT2D eigenvalue weighted by Gasteiger charge is -2.47. The summed E-state index contributed by atoms with van der Waals surface area (Å²) >= 11 is 0. The van der Waals surface area contributed by atoms with Crippen LogP contribution >= 0.6 is 0 Å². The Kier molecular flexibility index (Phi) is 3.69. The average molecular weight is 240 g/mol. The van der Waals surface area contributed by atoms with Crippen molar-refractivity contribution in [1.82, 2.24) is 15.1 Å². The highest BCUT2D eigenvalue weighted by Gasteiger charge is 2.40. The van der Waals surface area contributed by atoms with Gasteiger partial charge in [0.05, 0.1) is 0 Å². The molecule has 0 saturated carbocycles. The molecule has 0 atom stereocenters. The third-order valence-electron chi connectivity index (χ3n) is 2.87. The zero-order valence-electron chi connectivity index (χ0n) is 11.9. The van der Waals surface area contributed by atoms with Crippen LogP contribution in [0.5, 0.6) is 0 Å². The Bertz CT molecular complexity index is 333. The maximum absolute atomic E-state index is 12.3. The van der Waals surface area contributed by atoms with Crippen LogP contribution in [-0.2, 0) is 0 Å². The molecule has 17 heavy (non-hydrogen) atoms. The summed E-state index contributed by atoms with van der Waals surface area (Å²) in [6.45, 7) is 11.9. The summed E-state index contributed by atoms with van der Waals surface area (Å²) in [4.78, 5) is 20.2. The van der Waals surface area contributed by atoms with Crippen LogP contribution < -0.4 is 5.32 Å². The van der Waals surface area contributed by atoms with Crippen LogP contribution in [0.25, 0.3) is 0 Å². The lowest BCUT2D eigenvalue weighted by molar-refractivity contribution is 0.0987. The zero-order chi connectivity index (χ0) is 13.4. The van der Waals surface area contributed by atoms with Crippen LogP contribution in [0, 0.1) is 0 Å². The van der Waals surface area contributed by atoms with Gasteiger partial charge >= 0.3 is 6.03 Å². The molecule has 1 aliphatic heterocycles. The van der Waals surface area contributed by atoms with E-state index < -0.39 is 5.66 Å². The van der Waals surface area contributed by atoms with E-state index in [1.165, 1.54) is 0 Å². The van der Waals surface area contributed by atoms with Gasteiger partial charge in [0.2, 0.25) is 5.96 Å². The van der Waals surface area contributed by atoms with Gasteiger partial charge in [-0.15, -0.1) is 0 Å². The first-order valence-corrected chi connectivity index (χ1v) is 6.10. The van der Waals surface area contributed by atoms with Crippen molar-refractivity contribution in [3.05, 3.63) is 0 Å². The minimum absolute atomic E-state index is 0.0110. The number of urea groups is 1. The summed E-state index contributed by atoms with van der Waals surface area (Å²) in [5, 5.41) is 3.32. The minimum Gasteiger partial charge on any atom is -0.333 e. The molecule has 1 rings (SSSR count). The van der Waals surface area contributed by atoms with E-state index in [-0.39, 0.29) is 18.1 Å². The van der Waals surface area contributed by atoms with Gasteiger partial charge in [0, 0.05) is 19.1 Å². The van der Waals surface area contributed by atoms with Gasteiger partial charge in [0.1, 0.15) is 5.66 Å². The van der Waals surface area contributed by atoms with Crippen molar-refractivity contribution in [2.75, 3.05) is 7.05 Å². The average Bonchev–Trinajstić information content (AvgIpc) is 2.12. The molecule has 1 N–H and O–H groups in total. The van der Waals surface area contributed by atoms with Crippen molar-refractivity contribution in [3.8, 4) is 0 Å². The number of amides is 2. The van der Waals surface area contributed by atoms with Crippen LogP contribution in [0.2, 0.25) is 0 Å². The number of hydrogen-bond donors (Lipinski definition) is 1. The Morgan fingerprint density at radius 1 is 1.24 bits per heavy atom. The summed E-state index contributed by atoms with van der Waals surface area (Å²) in [5.41, 5.74) is -0.407. The molecule has 5 heteroatoms. The van der Waals surface area contributed by atoms with Crippen molar-refractivity contribution in [2.45, 2.75) is 59.3 Å². The first kappa shape index (κ1) is 13.8. The van der Waals surface area contributed by atoms with Crippen molar-refractivity contribution in [2.24, 2.45) is 4.99 Å². The normalized spacial score (nSPS) is 22.6. The third kappa shape index (κ3) is 2.70. The molecule has 0 aromatic carbocycles. The number of nitrogens with one attached hydrogen (secondary N) is 1. The standard InChI is InChI=1S/C12H24N4O/c1-8(2)13-10-14-12(5,6)15(7)11(17)16(10)9(3)4/h8-9H,1-7H3,(H,13,14). The summed E-state index contributed by atoms with van der Waals surface area (Å²) in [6.07, 6.45) is 0. The van der Waals surface area contributed by atoms with Gasteiger partial charge in [-0.05, 0) is 41.5 Å². The van der Waals surface area contributed by atoms with Crippen LogP contribution in [0.4, 0.5) is 4.79 Å². The Labute approximate surface area is 104 Å². The maximum atomic E-state index is 12.3. The fourth-order valence-electron chi connectivity index (χ4n) is 1.71. The van der Waals surface area contributed by atoms with E-state index in [1.807, 2.05) is 41.5 Å². The molecule has 98 valence electrons.